The van der Waals surface area contributed by atoms with Gasteiger partial charge < -0.3 is 10.6 Å². The van der Waals surface area contributed by atoms with Gasteiger partial charge in [-0.1, -0.05) is 38.5 Å². The molecule has 1 rings (SSSR count). The summed E-state index contributed by atoms with van der Waals surface area (Å²) in [5, 5.41) is 6.55. The molecular weight excluding hydrogens is 324 g/mol. The second-order valence-electron chi connectivity index (χ2n) is 7.53. The molecule has 1 aliphatic rings. The maximum absolute atomic E-state index is 11.4. The second-order valence-corrected chi connectivity index (χ2v) is 9.27. The molecule has 0 bridgehead atoms. The van der Waals surface area contributed by atoms with E-state index in [1.807, 2.05) is 20.8 Å². The van der Waals surface area contributed by atoms with Crippen molar-refractivity contribution in [1.82, 2.24) is 15.4 Å². The number of hydrogen-bond donors (Lipinski definition) is 3. The summed E-state index contributed by atoms with van der Waals surface area (Å²) >= 11 is 0. The summed E-state index contributed by atoms with van der Waals surface area (Å²) in [5.74, 6) is 1.71. The number of nitrogens with zero attached hydrogens (tertiary/aromatic N) is 1. The number of aliphatic imine (C=N–C) groups is 1. The summed E-state index contributed by atoms with van der Waals surface area (Å²) in [7, 11) is -3.23. The van der Waals surface area contributed by atoms with E-state index in [2.05, 4.69) is 20.3 Å². The number of hydrogen-bond acceptors (Lipinski definition) is 3. The van der Waals surface area contributed by atoms with Crippen molar-refractivity contribution in [2.45, 2.75) is 71.3 Å². The maximum atomic E-state index is 11.4. The monoisotopic (exact) mass is 360 g/mol. The lowest BCUT2D eigenvalue weighted by Crippen LogP contribution is -2.46. The van der Waals surface area contributed by atoms with E-state index >= 15 is 0 Å². The Balaban J connectivity index is 2.33. The van der Waals surface area contributed by atoms with Crippen LogP contribution in [0.25, 0.3) is 0 Å². The van der Waals surface area contributed by atoms with E-state index in [-0.39, 0.29) is 0 Å². The Morgan fingerprint density at radius 2 is 1.83 bits per heavy atom. The normalized spacial score (nSPS) is 17.2. The Bertz CT molecular complexity index is 483. The highest BCUT2D eigenvalue weighted by Gasteiger charge is 2.21. The van der Waals surface area contributed by atoms with Crippen LogP contribution >= 0.6 is 0 Å². The predicted octanol–water partition coefficient (Wildman–Crippen LogP) is 2.23. The van der Waals surface area contributed by atoms with Gasteiger partial charge in [0.15, 0.2) is 5.96 Å². The van der Waals surface area contributed by atoms with Gasteiger partial charge in [0.05, 0.1) is 12.8 Å². The molecule has 7 heteroatoms. The van der Waals surface area contributed by atoms with E-state index in [4.69, 9.17) is 0 Å². The molecule has 3 N–H and O–H groups in total. The fourth-order valence-corrected chi connectivity index (χ4v) is 4.28. The lowest BCUT2D eigenvalue weighted by molar-refractivity contribution is 0.463. The minimum Gasteiger partial charge on any atom is -0.357 e. The Labute approximate surface area is 148 Å². The summed E-state index contributed by atoms with van der Waals surface area (Å²) in [6.07, 6.45) is 10.6. The van der Waals surface area contributed by atoms with Crippen LogP contribution in [0.3, 0.4) is 0 Å². The summed E-state index contributed by atoms with van der Waals surface area (Å²) in [6, 6.07) is 0. The third-order valence-corrected chi connectivity index (χ3v) is 5.17. The Kier molecular flexibility index (Phi) is 9.05. The van der Waals surface area contributed by atoms with E-state index in [1.165, 1.54) is 44.8 Å². The summed E-state index contributed by atoms with van der Waals surface area (Å²) in [4.78, 5) is 4.51. The zero-order valence-electron chi connectivity index (χ0n) is 15.8. The topological polar surface area (TPSA) is 82.6 Å². The Morgan fingerprint density at radius 3 is 2.42 bits per heavy atom. The predicted molar refractivity (Wildman–Crippen MR) is 102 cm³/mol. The number of rotatable bonds is 10. The first-order valence-corrected chi connectivity index (χ1v) is 11.1. The van der Waals surface area contributed by atoms with Crippen LogP contribution < -0.4 is 15.4 Å². The minimum absolute atomic E-state index is 0.386. The van der Waals surface area contributed by atoms with E-state index in [9.17, 15) is 8.42 Å². The van der Waals surface area contributed by atoms with Crippen LogP contribution in [0.2, 0.25) is 0 Å². The molecule has 0 amide bonds. The van der Waals surface area contributed by atoms with Crippen molar-refractivity contribution in [3.63, 3.8) is 0 Å². The third-order valence-electron chi connectivity index (χ3n) is 4.24. The van der Waals surface area contributed by atoms with E-state index in [0.717, 1.165) is 31.4 Å². The molecular formula is C17H36N4O2S. The van der Waals surface area contributed by atoms with Gasteiger partial charge in [-0.25, -0.2) is 13.1 Å². The van der Waals surface area contributed by atoms with Crippen LogP contribution in [0.1, 0.15) is 65.7 Å². The van der Waals surface area contributed by atoms with E-state index in [1.54, 1.807) is 0 Å². The van der Waals surface area contributed by atoms with Crippen LogP contribution in [0.5, 0.6) is 0 Å². The lowest BCUT2D eigenvalue weighted by atomic mass is 10.0. The van der Waals surface area contributed by atoms with Gasteiger partial charge in [-0.05, 0) is 33.1 Å². The molecule has 0 heterocycles. The van der Waals surface area contributed by atoms with Gasteiger partial charge in [0.25, 0.3) is 0 Å². The minimum atomic E-state index is -3.23. The molecule has 0 atom stereocenters. The molecule has 0 aromatic carbocycles. The van der Waals surface area contributed by atoms with Gasteiger partial charge in [-0.15, -0.1) is 0 Å². The van der Waals surface area contributed by atoms with Crippen LogP contribution in [0, 0.1) is 5.92 Å². The highest BCUT2D eigenvalue weighted by Crippen LogP contribution is 2.28. The van der Waals surface area contributed by atoms with Crippen LogP contribution in [-0.2, 0) is 10.0 Å². The molecule has 142 valence electrons. The molecule has 0 aliphatic heterocycles. The first kappa shape index (κ1) is 21.2. The Hall–Kier alpha value is -0.820. The molecule has 0 unspecified atom stereocenters. The number of sulfonamides is 1. The Morgan fingerprint density at radius 1 is 1.17 bits per heavy atom. The molecule has 0 radical (unpaired) electrons. The molecule has 1 saturated carbocycles. The first-order chi connectivity index (χ1) is 11.2. The largest absolute Gasteiger partial charge is 0.357 e. The van der Waals surface area contributed by atoms with Crippen molar-refractivity contribution in [2.75, 3.05) is 25.9 Å². The molecule has 0 saturated heterocycles. The molecule has 0 aromatic rings. The van der Waals surface area contributed by atoms with Crippen LogP contribution in [0.15, 0.2) is 4.99 Å². The fourth-order valence-electron chi connectivity index (χ4n) is 3.22. The van der Waals surface area contributed by atoms with Gasteiger partial charge >= 0.3 is 0 Å². The van der Waals surface area contributed by atoms with Gasteiger partial charge in [-0.3, -0.25) is 4.99 Å². The van der Waals surface area contributed by atoms with Crippen molar-refractivity contribution in [1.29, 1.82) is 0 Å². The van der Waals surface area contributed by atoms with Crippen molar-refractivity contribution in [3.05, 3.63) is 0 Å². The average molecular weight is 361 g/mol. The highest BCUT2D eigenvalue weighted by molar-refractivity contribution is 7.88. The van der Waals surface area contributed by atoms with E-state index < -0.39 is 15.6 Å². The molecule has 0 aromatic heterocycles. The zero-order valence-corrected chi connectivity index (χ0v) is 16.6. The molecule has 0 spiro atoms. The number of guanidine groups is 1. The third kappa shape index (κ3) is 10.1. The number of nitrogens with one attached hydrogen (secondary N) is 3. The maximum Gasteiger partial charge on any atom is 0.209 e. The lowest BCUT2D eigenvalue weighted by Gasteiger charge is -2.23. The summed E-state index contributed by atoms with van der Waals surface area (Å²) in [6.45, 7) is 7.77. The van der Waals surface area contributed by atoms with Crippen molar-refractivity contribution >= 4 is 16.0 Å². The molecule has 6 nitrogen and oxygen atoms in total. The number of unbranched alkanes of at least 4 members (excludes halogenated alkanes) is 1. The standard InChI is InChI=1S/C17H36N4O2S/c1-5-18-16(20-14-17(2,3)21-24(4,22)23)19-13-9-8-12-15-10-6-7-11-15/h15,21H,5-14H2,1-4H3,(H2,18,19,20). The zero-order chi connectivity index (χ0) is 18.1. The van der Waals surface area contributed by atoms with E-state index in [0.29, 0.717) is 6.54 Å². The van der Waals surface area contributed by atoms with Gasteiger partial charge in [0, 0.05) is 18.6 Å². The smallest absolute Gasteiger partial charge is 0.209 e. The summed E-state index contributed by atoms with van der Waals surface area (Å²) < 4.78 is 25.4. The fraction of sp³-hybridized carbons (Fsp3) is 0.941. The molecule has 24 heavy (non-hydrogen) atoms. The van der Waals surface area contributed by atoms with Crippen molar-refractivity contribution in [3.8, 4) is 0 Å². The van der Waals surface area contributed by atoms with Crippen LogP contribution in [-0.4, -0.2) is 45.8 Å². The first-order valence-electron chi connectivity index (χ1n) is 9.23. The second kappa shape index (κ2) is 10.2. The van der Waals surface area contributed by atoms with Crippen LogP contribution in [0.4, 0.5) is 0 Å². The van der Waals surface area contributed by atoms with Gasteiger partial charge in [-0.2, -0.15) is 0 Å². The van der Waals surface area contributed by atoms with Gasteiger partial charge in [0.2, 0.25) is 10.0 Å². The average Bonchev–Trinajstić information content (AvgIpc) is 2.95. The van der Waals surface area contributed by atoms with Crippen molar-refractivity contribution in [2.24, 2.45) is 10.9 Å². The van der Waals surface area contributed by atoms with Gasteiger partial charge in [0.1, 0.15) is 0 Å². The highest BCUT2D eigenvalue weighted by atomic mass is 32.2. The van der Waals surface area contributed by atoms with Crippen molar-refractivity contribution < 1.29 is 8.42 Å². The summed E-state index contributed by atoms with van der Waals surface area (Å²) in [5.41, 5.74) is -0.599. The molecule has 1 fully saturated rings. The SMILES string of the molecule is CCNC(=NCC(C)(C)NS(C)(=O)=O)NCCCCC1CCCC1. The quantitative estimate of drug-likeness (QED) is 0.317. The molecule has 1 aliphatic carbocycles.